The average molecular weight is 232 g/mol. The van der Waals surface area contributed by atoms with Gasteiger partial charge in [0.05, 0.1) is 19.8 Å². The number of aliphatic carboxylic acids is 1. The van der Waals surface area contributed by atoms with E-state index in [0.717, 1.165) is 0 Å². The molecule has 0 bridgehead atoms. The third kappa shape index (κ3) is 4.13. The van der Waals surface area contributed by atoms with Gasteiger partial charge < -0.3 is 25.6 Å². The van der Waals surface area contributed by atoms with E-state index in [1.807, 2.05) is 0 Å². The lowest BCUT2D eigenvalue weighted by Gasteiger charge is -2.23. The number of carboxylic acids is 1. The van der Waals surface area contributed by atoms with E-state index in [4.69, 9.17) is 14.9 Å². The van der Waals surface area contributed by atoms with Crippen molar-refractivity contribution in [2.75, 3.05) is 26.4 Å². The molecule has 92 valence electrons. The molecule has 4 N–H and O–H groups in total. The highest BCUT2D eigenvalue weighted by Gasteiger charge is 2.22. The first kappa shape index (κ1) is 12.9. The summed E-state index contributed by atoms with van der Waals surface area (Å²) in [5.74, 6) is -1.66. The van der Waals surface area contributed by atoms with E-state index in [2.05, 4.69) is 10.6 Å². The molecule has 0 spiro atoms. The molecule has 0 aromatic rings. The van der Waals surface area contributed by atoms with Gasteiger partial charge >= 0.3 is 5.97 Å². The Bertz CT molecular complexity index is 252. The Balaban J connectivity index is 2.31. The molecule has 0 aromatic carbocycles. The number of rotatable bonds is 5. The van der Waals surface area contributed by atoms with Crippen LogP contribution in [0.1, 0.15) is 6.42 Å². The fraction of sp³-hybridized carbons (Fsp3) is 0.778. The lowest BCUT2D eigenvalue weighted by molar-refractivity contribution is -0.143. The largest absolute Gasteiger partial charge is 0.480 e. The lowest BCUT2D eigenvalue weighted by atomic mass is 10.2. The maximum absolute atomic E-state index is 11.4. The van der Waals surface area contributed by atoms with Crippen molar-refractivity contribution < 1.29 is 24.5 Å². The summed E-state index contributed by atoms with van der Waals surface area (Å²) in [5.41, 5.74) is 0. The van der Waals surface area contributed by atoms with Gasteiger partial charge in [0.2, 0.25) is 5.91 Å². The second kappa shape index (κ2) is 6.41. The molecule has 1 aliphatic rings. The summed E-state index contributed by atoms with van der Waals surface area (Å²) in [6.07, 6.45) is 0.143. The third-order valence-corrected chi connectivity index (χ3v) is 2.25. The number of hydrogen-bond donors (Lipinski definition) is 4. The molecule has 1 heterocycles. The van der Waals surface area contributed by atoms with Gasteiger partial charge in [-0.3, -0.25) is 4.79 Å². The smallest absolute Gasteiger partial charge is 0.328 e. The zero-order chi connectivity index (χ0) is 12.0. The minimum absolute atomic E-state index is 0.0955. The Morgan fingerprint density at radius 1 is 1.56 bits per heavy atom. The van der Waals surface area contributed by atoms with Gasteiger partial charge in [-0.1, -0.05) is 0 Å². The molecular formula is C9H16N2O5. The quantitative estimate of drug-likeness (QED) is 0.433. The monoisotopic (exact) mass is 232 g/mol. The standard InChI is InChI=1S/C9H16N2O5/c12-4-7(9(14)15)11-8(13)3-6-5-16-2-1-10-6/h6-7,10,12H,1-5H2,(H,11,13)(H,14,15)/t6?,7-/m1/s1. The van der Waals surface area contributed by atoms with Crippen LogP contribution in [0.3, 0.4) is 0 Å². The zero-order valence-corrected chi connectivity index (χ0v) is 8.81. The first-order chi connectivity index (χ1) is 7.63. The molecule has 0 aliphatic carbocycles. The number of hydrogen-bond acceptors (Lipinski definition) is 5. The highest BCUT2D eigenvalue weighted by molar-refractivity contribution is 5.83. The van der Waals surface area contributed by atoms with Crippen LogP contribution in [0, 0.1) is 0 Å². The van der Waals surface area contributed by atoms with Crippen LogP contribution in [0.15, 0.2) is 0 Å². The topological polar surface area (TPSA) is 108 Å². The fourth-order valence-electron chi connectivity index (χ4n) is 1.41. The van der Waals surface area contributed by atoms with Gasteiger partial charge in [-0.25, -0.2) is 4.79 Å². The fourth-order valence-corrected chi connectivity index (χ4v) is 1.41. The van der Waals surface area contributed by atoms with Crippen molar-refractivity contribution in [1.29, 1.82) is 0 Å². The van der Waals surface area contributed by atoms with Crippen molar-refractivity contribution >= 4 is 11.9 Å². The molecule has 7 heteroatoms. The van der Waals surface area contributed by atoms with Crippen LogP contribution in [0.2, 0.25) is 0 Å². The molecule has 1 unspecified atom stereocenters. The number of carbonyl (C=O) groups is 2. The SMILES string of the molecule is O=C(CC1COCCN1)N[C@H](CO)C(=O)O. The van der Waals surface area contributed by atoms with Crippen LogP contribution in [0.4, 0.5) is 0 Å². The van der Waals surface area contributed by atoms with Gasteiger partial charge in [0.1, 0.15) is 6.04 Å². The molecular weight excluding hydrogens is 216 g/mol. The van der Waals surface area contributed by atoms with Gasteiger partial charge in [-0.2, -0.15) is 0 Å². The molecule has 7 nitrogen and oxygen atoms in total. The second-order valence-corrected chi connectivity index (χ2v) is 3.57. The van der Waals surface area contributed by atoms with Gasteiger partial charge in [-0.05, 0) is 0 Å². The van der Waals surface area contributed by atoms with Crippen molar-refractivity contribution in [3.63, 3.8) is 0 Å². The number of aliphatic hydroxyl groups is 1. The van der Waals surface area contributed by atoms with Gasteiger partial charge in [-0.15, -0.1) is 0 Å². The number of morpholine rings is 1. The van der Waals surface area contributed by atoms with Crippen molar-refractivity contribution in [2.24, 2.45) is 0 Å². The van der Waals surface area contributed by atoms with E-state index in [9.17, 15) is 9.59 Å². The van der Waals surface area contributed by atoms with Crippen LogP contribution in [-0.4, -0.2) is 60.5 Å². The predicted molar refractivity (Wildman–Crippen MR) is 53.9 cm³/mol. The molecule has 1 rings (SSSR count). The van der Waals surface area contributed by atoms with Crippen LogP contribution in [-0.2, 0) is 14.3 Å². The highest BCUT2D eigenvalue weighted by atomic mass is 16.5. The van der Waals surface area contributed by atoms with Gasteiger partial charge in [0.15, 0.2) is 0 Å². The summed E-state index contributed by atoms with van der Waals surface area (Å²) in [6.45, 7) is 1.12. The van der Waals surface area contributed by atoms with E-state index in [1.54, 1.807) is 0 Å². The molecule has 2 atom stereocenters. The van der Waals surface area contributed by atoms with E-state index in [-0.39, 0.29) is 12.5 Å². The summed E-state index contributed by atoms with van der Waals surface area (Å²) in [7, 11) is 0. The van der Waals surface area contributed by atoms with Crippen LogP contribution in [0.5, 0.6) is 0 Å². The van der Waals surface area contributed by atoms with E-state index in [1.165, 1.54) is 0 Å². The maximum Gasteiger partial charge on any atom is 0.328 e. The Hall–Kier alpha value is -1.18. The summed E-state index contributed by atoms with van der Waals surface area (Å²) in [6, 6.07) is -1.33. The Morgan fingerprint density at radius 3 is 2.81 bits per heavy atom. The van der Waals surface area contributed by atoms with Crippen molar-refractivity contribution in [2.45, 2.75) is 18.5 Å². The number of carboxylic acid groups (broad SMARTS) is 1. The zero-order valence-electron chi connectivity index (χ0n) is 8.81. The summed E-state index contributed by atoms with van der Waals surface area (Å²) < 4.78 is 5.15. The Morgan fingerprint density at radius 2 is 2.31 bits per heavy atom. The molecule has 1 saturated heterocycles. The van der Waals surface area contributed by atoms with Crippen LogP contribution < -0.4 is 10.6 Å². The number of amides is 1. The minimum Gasteiger partial charge on any atom is -0.480 e. The normalized spacial score (nSPS) is 22.4. The Kier molecular flexibility index (Phi) is 5.17. The van der Waals surface area contributed by atoms with Gasteiger partial charge in [0, 0.05) is 19.0 Å². The third-order valence-electron chi connectivity index (χ3n) is 2.25. The van der Waals surface area contributed by atoms with Crippen molar-refractivity contribution in [3.8, 4) is 0 Å². The molecule has 1 amide bonds. The molecule has 0 aromatic heterocycles. The molecule has 16 heavy (non-hydrogen) atoms. The van der Waals surface area contributed by atoms with Crippen molar-refractivity contribution in [3.05, 3.63) is 0 Å². The molecule has 0 saturated carbocycles. The number of nitrogens with one attached hydrogen (secondary N) is 2. The maximum atomic E-state index is 11.4. The first-order valence-electron chi connectivity index (χ1n) is 5.07. The van der Waals surface area contributed by atoms with Crippen LogP contribution in [0.25, 0.3) is 0 Å². The van der Waals surface area contributed by atoms with Crippen molar-refractivity contribution in [1.82, 2.24) is 10.6 Å². The average Bonchev–Trinajstić information content (AvgIpc) is 2.27. The lowest BCUT2D eigenvalue weighted by Crippen LogP contribution is -2.48. The van der Waals surface area contributed by atoms with E-state index in [0.29, 0.717) is 19.8 Å². The van der Waals surface area contributed by atoms with E-state index >= 15 is 0 Å². The van der Waals surface area contributed by atoms with Gasteiger partial charge in [0.25, 0.3) is 0 Å². The predicted octanol–water partition coefficient (Wildman–Crippen LogP) is -2.07. The number of aliphatic hydroxyl groups excluding tert-OH is 1. The first-order valence-corrected chi connectivity index (χ1v) is 5.07. The summed E-state index contributed by atoms with van der Waals surface area (Å²) in [4.78, 5) is 21.9. The van der Waals surface area contributed by atoms with Crippen LogP contribution >= 0.6 is 0 Å². The Labute approximate surface area is 92.8 Å². The molecule has 0 radical (unpaired) electrons. The number of carbonyl (C=O) groups excluding carboxylic acids is 1. The molecule has 1 fully saturated rings. The molecule has 1 aliphatic heterocycles. The second-order valence-electron chi connectivity index (χ2n) is 3.57. The minimum atomic E-state index is -1.25. The van der Waals surface area contributed by atoms with E-state index < -0.39 is 24.5 Å². The highest BCUT2D eigenvalue weighted by Crippen LogP contribution is 1.98. The summed E-state index contributed by atoms with van der Waals surface area (Å²) in [5, 5.41) is 22.6. The number of ether oxygens (including phenoxy) is 1. The summed E-state index contributed by atoms with van der Waals surface area (Å²) >= 11 is 0.